The molecule has 0 N–H and O–H groups in total. The van der Waals surface area contributed by atoms with Gasteiger partial charge < -0.3 is 19.4 Å². The summed E-state index contributed by atoms with van der Waals surface area (Å²) in [5, 5.41) is 0. The summed E-state index contributed by atoms with van der Waals surface area (Å²) in [4.78, 5) is 32.0. The lowest BCUT2D eigenvalue weighted by molar-refractivity contribution is -0.139. The molecule has 3 amide bonds. The molecular weight excluding hydrogens is 306 g/mol. The Hall–Kier alpha value is -1.30. The van der Waals surface area contributed by atoms with Crippen molar-refractivity contribution in [2.24, 2.45) is 11.3 Å². The van der Waals surface area contributed by atoms with Gasteiger partial charge in [0.1, 0.15) is 0 Å². The molecule has 0 aromatic heterocycles. The SMILES string of the molecule is O=C([C@@H]1CN(C(=O)N2CCCC2)CC12CCOCC2)N1CCCC1. The van der Waals surface area contributed by atoms with Gasteiger partial charge in [-0.2, -0.15) is 0 Å². The first kappa shape index (κ1) is 16.2. The van der Waals surface area contributed by atoms with Gasteiger partial charge in [0.05, 0.1) is 5.92 Å². The van der Waals surface area contributed by atoms with Gasteiger partial charge >= 0.3 is 6.03 Å². The minimum absolute atomic E-state index is 0.0361. The molecule has 0 radical (unpaired) electrons. The molecule has 4 aliphatic heterocycles. The molecule has 0 bridgehead atoms. The van der Waals surface area contributed by atoms with Crippen molar-refractivity contribution in [2.45, 2.75) is 38.5 Å². The van der Waals surface area contributed by atoms with E-state index in [4.69, 9.17) is 4.74 Å². The van der Waals surface area contributed by atoms with E-state index in [2.05, 4.69) is 0 Å². The molecule has 4 rings (SSSR count). The predicted molar refractivity (Wildman–Crippen MR) is 89.6 cm³/mol. The molecule has 4 heterocycles. The van der Waals surface area contributed by atoms with Gasteiger partial charge in [-0.3, -0.25) is 4.79 Å². The van der Waals surface area contributed by atoms with Gasteiger partial charge in [-0.1, -0.05) is 0 Å². The first-order valence-electron chi connectivity index (χ1n) is 9.60. The van der Waals surface area contributed by atoms with Crippen LogP contribution >= 0.6 is 0 Å². The third-order valence-electron chi connectivity index (χ3n) is 6.50. The molecule has 4 fully saturated rings. The second kappa shape index (κ2) is 6.54. The number of hydrogen-bond donors (Lipinski definition) is 0. The van der Waals surface area contributed by atoms with E-state index in [0.29, 0.717) is 6.54 Å². The summed E-state index contributed by atoms with van der Waals surface area (Å²) in [5.74, 6) is 0.247. The van der Waals surface area contributed by atoms with E-state index in [1.54, 1.807) is 0 Å². The number of hydrogen-bond acceptors (Lipinski definition) is 3. The van der Waals surface area contributed by atoms with Gasteiger partial charge in [0.25, 0.3) is 0 Å². The van der Waals surface area contributed by atoms with Crippen LogP contribution in [0.4, 0.5) is 4.79 Å². The number of likely N-dealkylation sites (tertiary alicyclic amines) is 3. The fourth-order valence-electron chi connectivity index (χ4n) is 5.01. The topological polar surface area (TPSA) is 53.1 Å². The van der Waals surface area contributed by atoms with E-state index < -0.39 is 0 Å². The molecule has 0 aliphatic carbocycles. The summed E-state index contributed by atoms with van der Waals surface area (Å²) in [7, 11) is 0. The Morgan fingerprint density at radius 2 is 1.42 bits per heavy atom. The highest BCUT2D eigenvalue weighted by Gasteiger charge is 2.53. The lowest BCUT2D eigenvalue weighted by Gasteiger charge is -2.38. The fraction of sp³-hybridized carbons (Fsp3) is 0.889. The molecule has 134 valence electrons. The summed E-state index contributed by atoms with van der Waals surface area (Å²) in [6.07, 6.45) is 6.25. The average molecular weight is 335 g/mol. The Morgan fingerprint density at radius 1 is 0.833 bits per heavy atom. The van der Waals surface area contributed by atoms with Crippen LogP contribution in [0.3, 0.4) is 0 Å². The molecule has 0 aromatic carbocycles. The Balaban J connectivity index is 1.53. The van der Waals surface area contributed by atoms with E-state index in [9.17, 15) is 9.59 Å². The van der Waals surface area contributed by atoms with Crippen molar-refractivity contribution < 1.29 is 14.3 Å². The van der Waals surface area contributed by atoms with E-state index in [1.165, 1.54) is 0 Å². The van der Waals surface area contributed by atoms with Crippen LogP contribution in [0.15, 0.2) is 0 Å². The Morgan fingerprint density at radius 3 is 2.04 bits per heavy atom. The van der Waals surface area contributed by atoms with E-state index >= 15 is 0 Å². The maximum absolute atomic E-state index is 13.1. The summed E-state index contributed by atoms with van der Waals surface area (Å²) in [6.45, 7) is 6.29. The number of amides is 3. The van der Waals surface area contributed by atoms with Crippen molar-refractivity contribution in [3.63, 3.8) is 0 Å². The van der Waals surface area contributed by atoms with Crippen LogP contribution in [0.5, 0.6) is 0 Å². The molecule has 0 saturated carbocycles. The highest BCUT2D eigenvalue weighted by Crippen LogP contribution is 2.45. The van der Waals surface area contributed by atoms with Gasteiger partial charge in [0.2, 0.25) is 5.91 Å². The third kappa shape index (κ3) is 2.79. The number of nitrogens with zero attached hydrogens (tertiary/aromatic N) is 3. The molecule has 1 atom stereocenters. The minimum Gasteiger partial charge on any atom is -0.381 e. The van der Waals surface area contributed by atoms with Crippen molar-refractivity contribution in [2.75, 3.05) is 52.5 Å². The van der Waals surface area contributed by atoms with Gasteiger partial charge in [0.15, 0.2) is 0 Å². The van der Waals surface area contributed by atoms with Crippen molar-refractivity contribution >= 4 is 11.9 Å². The smallest absolute Gasteiger partial charge is 0.320 e. The van der Waals surface area contributed by atoms with E-state index in [-0.39, 0.29) is 23.3 Å². The second-order valence-electron chi connectivity index (χ2n) is 7.92. The van der Waals surface area contributed by atoms with E-state index in [1.807, 2.05) is 14.7 Å². The molecule has 6 heteroatoms. The van der Waals surface area contributed by atoms with Crippen LogP contribution in [-0.2, 0) is 9.53 Å². The highest BCUT2D eigenvalue weighted by molar-refractivity contribution is 5.83. The highest BCUT2D eigenvalue weighted by atomic mass is 16.5. The molecule has 6 nitrogen and oxygen atoms in total. The largest absolute Gasteiger partial charge is 0.381 e. The average Bonchev–Trinajstić information content (AvgIpc) is 3.35. The predicted octanol–water partition coefficient (Wildman–Crippen LogP) is 1.55. The lowest BCUT2D eigenvalue weighted by Crippen LogP contribution is -2.45. The van der Waals surface area contributed by atoms with Crippen molar-refractivity contribution in [1.29, 1.82) is 0 Å². The van der Waals surface area contributed by atoms with Crippen LogP contribution in [0, 0.1) is 11.3 Å². The Bertz CT molecular complexity index is 492. The minimum atomic E-state index is -0.0622. The Kier molecular flexibility index (Phi) is 4.41. The normalized spacial score (nSPS) is 29.7. The lowest BCUT2D eigenvalue weighted by atomic mass is 9.71. The van der Waals surface area contributed by atoms with E-state index in [0.717, 1.165) is 84.5 Å². The summed E-state index contributed by atoms with van der Waals surface area (Å²) in [6, 6.07) is 0.148. The Labute approximate surface area is 144 Å². The van der Waals surface area contributed by atoms with Crippen LogP contribution < -0.4 is 0 Å². The van der Waals surface area contributed by atoms with Crippen LogP contribution in [0.25, 0.3) is 0 Å². The first-order chi connectivity index (χ1) is 11.7. The number of rotatable bonds is 1. The quantitative estimate of drug-likeness (QED) is 0.731. The number of ether oxygens (including phenoxy) is 1. The fourth-order valence-corrected chi connectivity index (χ4v) is 5.01. The molecule has 24 heavy (non-hydrogen) atoms. The number of carbonyl (C=O) groups is 2. The number of carbonyl (C=O) groups excluding carboxylic acids is 2. The van der Waals surface area contributed by atoms with Crippen LogP contribution in [-0.4, -0.2) is 79.1 Å². The zero-order valence-electron chi connectivity index (χ0n) is 14.5. The van der Waals surface area contributed by atoms with Crippen LogP contribution in [0.1, 0.15) is 38.5 Å². The standard InChI is InChI=1S/C18H29N3O3/c22-16(19-7-1-2-8-19)15-13-21(17(23)20-9-3-4-10-20)14-18(15)5-11-24-12-6-18/h15H,1-14H2/t15-/m0/s1. The monoisotopic (exact) mass is 335 g/mol. The molecule has 0 unspecified atom stereocenters. The van der Waals surface area contributed by atoms with Crippen molar-refractivity contribution in [3.05, 3.63) is 0 Å². The maximum atomic E-state index is 13.1. The summed E-state index contributed by atoms with van der Waals surface area (Å²) < 4.78 is 5.57. The molecule has 4 saturated heterocycles. The molecule has 1 spiro atoms. The second-order valence-corrected chi connectivity index (χ2v) is 7.92. The molecule has 0 aromatic rings. The van der Waals surface area contributed by atoms with Crippen molar-refractivity contribution in [1.82, 2.24) is 14.7 Å². The van der Waals surface area contributed by atoms with Gasteiger partial charge in [-0.25, -0.2) is 4.79 Å². The zero-order chi connectivity index (χ0) is 16.6. The van der Waals surface area contributed by atoms with Crippen molar-refractivity contribution in [3.8, 4) is 0 Å². The summed E-state index contributed by atoms with van der Waals surface area (Å²) in [5.41, 5.74) is -0.0622. The molecular formula is C18H29N3O3. The summed E-state index contributed by atoms with van der Waals surface area (Å²) >= 11 is 0. The third-order valence-corrected chi connectivity index (χ3v) is 6.50. The van der Waals surface area contributed by atoms with Crippen LogP contribution in [0.2, 0.25) is 0 Å². The number of urea groups is 1. The van der Waals surface area contributed by atoms with Gasteiger partial charge in [0, 0.05) is 57.9 Å². The molecule has 4 aliphatic rings. The zero-order valence-corrected chi connectivity index (χ0v) is 14.5. The van der Waals surface area contributed by atoms with Gasteiger partial charge in [-0.15, -0.1) is 0 Å². The maximum Gasteiger partial charge on any atom is 0.320 e. The van der Waals surface area contributed by atoms with Gasteiger partial charge in [-0.05, 0) is 38.5 Å². The first-order valence-corrected chi connectivity index (χ1v) is 9.60.